The molecule has 2 N–H and O–H groups in total. The molecule has 0 aliphatic carbocycles. The van der Waals surface area contributed by atoms with Crippen LogP contribution in [0.4, 0.5) is 5.69 Å². The van der Waals surface area contributed by atoms with Crippen LogP contribution in [0.2, 0.25) is 0 Å². The van der Waals surface area contributed by atoms with Gasteiger partial charge >= 0.3 is 0 Å². The highest BCUT2D eigenvalue weighted by Gasteiger charge is 2.24. The number of hydrogen-bond donors (Lipinski definition) is 2. The minimum atomic E-state index is 0.248. The van der Waals surface area contributed by atoms with Crippen molar-refractivity contribution < 1.29 is 9.84 Å². The van der Waals surface area contributed by atoms with Crippen molar-refractivity contribution in [3.63, 3.8) is 0 Å². The number of benzene rings is 1. The van der Waals surface area contributed by atoms with Gasteiger partial charge in [-0.3, -0.25) is 4.99 Å². The third-order valence-electron chi connectivity index (χ3n) is 4.23. The molecule has 2 rings (SSSR count). The Bertz CT molecular complexity index is 523. The Morgan fingerprint density at radius 1 is 1.29 bits per heavy atom. The number of hydrogen-bond acceptors (Lipinski definition) is 3. The number of nitrogens with zero attached hydrogens (tertiary/aromatic N) is 2. The first-order chi connectivity index (χ1) is 11.6. The van der Waals surface area contributed by atoms with Gasteiger partial charge in [-0.15, -0.1) is 0 Å². The van der Waals surface area contributed by atoms with Crippen LogP contribution in [-0.2, 0) is 4.74 Å². The monoisotopic (exact) mass is 333 g/mol. The van der Waals surface area contributed by atoms with Gasteiger partial charge < -0.3 is 20.1 Å². The second-order valence-corrected chi connectivity index (χ2v) is 6.75. The van der Waals surface area contributed by atoms with Crippen LogP contribution in [-0.4, -0.2) is 48.8 Å². The van der Waals surface area contributed by atoms with E-state index >= 15 is 0 Å². The highest BCUT2D eigenvalue weighted by Crippen LogP contribution is 2.25. The van der Waals surface area contributed by atoms with Crippen molar-refractivity contribution >= 4 is 11.6 Å². The van der Waals surface area contributed by atoms with Gasteiger partial charge in [-0.1, -0.05) is 26.0 Å². The summed E-state index contributed by atoms with van der Waals surface area (Å²) in [5.41, 5.74) is 0.701. The van der Waals surface area contributed by atoms with Crippen LogP contribution in [0.15, 0.2) is 29.3 Å². The molecule has 1 aliphatic rings. The van der Waals surface area contributed by atoms with Crippen molar-refractivity contribution in [2.24, 2.45) is 16.8 Å². The van der Waals surface area contributed by atoms with Gasteiger partial charge in [0.2, 0.25) is 0 Å². The van der Waals surface area contributed by atoms with Gasteiger partial charge in [-0.25, -0.2) is 0 Å². The molecule has 1 fully saturated rings. The van der Waals surface area contributed by atoms with E-state index in [1.807, 2.05) is 25.1 Å². The Hall–Kier alpha value is -1.75. The van der Waals surface area contributed by atoms with Crippen LogP contribution >= 0.6 is 0 Å². The lowest BCUT2D eigenvalue weighted by Crippen LogP contribution is -2.45. The molecule has 0 aromatic heterocycles. The van der Waals surface area contributed by atoms with Gasteiger partial charge in [0.1, 0.15) is 5.75 Å². The van der Waals surface area contributed by atoms with Crippen molar-refractivity contribution in [2.45, 2.75) is 33.6 Å². The molecule has 1 aliphatic heterocycles. The number of aliphatic imine (C=N–C) groups is 1. The molecular formula is C19H31N3O2. The third kappa shape index (κ3) is 5.71. The summed E-state index contributed by atoms with van der Waals surface area (Å²) in [7, 11) is 0. The second kappa shape index (κ2) is 9.52. The van der Waals surface area contributed by atoms with Crippen LogP contribution < -0.4 is 5.32 Å². The molecule has 5 nitrogen and oxygen atoms in total. The van der Waals surface area contributed by atoms with E-state index in [4.69, 9.17) is 9.73 Å². The number of para-hydroxylation sites is 2. The fourth-order valence-electron chi connectivity index (χ4n) is 3.25. The normalized spacial score (nSPS) is 21.8. The van der Waals surface area contributed by atoms with Crippen LogP contribution in [0.1, 0.15) is 33.6 Å². The number of rotatable bonds is 6. The predicted octanol–water partition coefficient (Wildman–Crippen LogP) is 3.56. The topological polar surface area (TPSA) is 57.1 Å². The van der Waals surface area contributed by atoms with Gasteiger partial charge in [0, 0.05) is 32.8 Å². The van der Waals surface area contributed by atoms with Crippen LogP contribution in [0, 0.1) is 11.8 Å². The number of anilines is 1. The Morgan fingerprint density at radius 2 is 2.00 bits per heavy atom. The van der Waals surface area contributed by atoms with Crippen molar-refractivity contribution in [1.82, 2.24) is 4.90 Å². The molecule has 2 unspecified atom stereocenters. The van der Waals surface area contributed by atoms with E-state index in [0.717, 1.165) is 45.2 Å². The third-order valence-corrected chi connectivity index (χ3v) is 4.23. The van der Waals surface area contributed by atoms with Crippen LogP contribution in [0.3, 0.4) is 0 Å². The zero-order chi connectivity index (χ0) is 17.4. The van der Waals surface area contributed by atoms with Crippen molar-refractivity contribution in [3.8, 4) is 5.75 Å². The van der Waals surface area contributed by atoms with E-state index in [1.54, 1.807) is 6.07 Å². The quantitative estimate of drug-likeness (QED) is 0.362. The molecule has 0 spiro atoms. The van der Waals surface area contributed by atoms with E-state index < -0.39 is 0 Å². The molecule has 2 atom stereocenters. The molecule has 24 heavy (non-hydrogen) atoms. The molecule has 5 heteroatoms. The van der Waals surface area contributed by atoms with Crippen molar-refractivity contribution in [1.29, 1.82) is 0 Å². The molecule has 134 valence electrons. The van der Waals surface area contributed by atoms with E-state index in [2.05, 4.69) is 24.1 Å². The average molecular weight is 333 g/mol. The highest BCUT2D eigenvalue weighted by atomic mass is 16.5. The largest absolute Gasteiger partial charge is 0.506 e. The molecule has 1 heterocycles. The molecule has 1 aromatic carbocycles. The molecular weight excluding hydrogens is 302 g/mol. The maximum atomic E-state index is 10.0. The molecule has 0 saturated carbocycles. The summed E-state index contributed by atoms with van der Waals surface area (Å²) in [6.07, 6.45) is 2.16. The number of aromatic hydroxyl groups is 1. The van der Waals surface area contributed by atoms with Gasteiger partial charge in [0.05, 0.1) is 5.69 Å². The summed E-state index contributed by atoms with van der Waals surface area (Å²) in [6.45, 7) is 10.8. The smallest absolute Gasteiger partial charge is 0.198 e. The lowest BCUT2D eigenvalue weighted by Gasteiger charge is -2.37. The molecule has 1 aromatic rings. The number of nitrogens with one attached hydrogen (secondary N) is 1. The van der Waals surface area contributed by atoms with Crippen LogP contribution in [0.5, 0.6) is 5.75 Å². The number of phenols is 1. The maximum absolute atomic E-state index is 10.0. The van der Waals surface area contributed by atoms with E-state index in [1.165, 1.54) is 6.42 Å². The van der Waals surface area contributed by atoms with Crippen molar-refractivity contribution in [3.05, 3.63) is 24.3 Å². The lowest BCUT2D eigenvalue weighted by molar-refractivity contribution is 0.146. The van der Waals surface area contributed by atoms with Gasteiger partial charge in [-0.2, -0.15) is 0 Å². The highest BCUT2D eigenvalue weighted by molar-refractivity contribution is 5.95. The Balaban J connectivity index is 2.08. The van der Waals surface area contributed by atoms with E-state index in [9.17, 15) is 5.11 Å². The van der Waals surface area contributed by atoms with Gasteiger partial charge in [0.25, 0.3) is 0 Å². The first-order valence-corrected chi connectivity index (χ1v) is 9.02. The summed E-state index contributed by atoms with van der Waals surface area (Å²) in [5.74, 6) is 2.39. The second-order valence-electron chi connectivity index (χ2n) is 6.75. The number of likely N-dealkylation sites (tertiary alicyclic amines) is 1. The first-order valence-electron chi connectivity index (χ1n) is 9.02. The standard InChI is InChI=1S/C19H31N3O2/c1-4-24-11-7-10-20-19(21-17-8-5-6-9-18(17)23)22-13-15(2)12-16(3)14-22/h5-6,8-9,15-16,23H,4,7,10-14H2,1-3H3,(H,20,21). The Morgan fingerprint density at radius 3 is 2.67 bits per heavy atom. The summed E-state index contributed by atoms with van der Waals surface area (Å²) in [6, 6.07) is 7.30. The minimum Gasteiger partial charge on any atom is -0.506 e. The van der Waals surface area contributed by atoms with Gasteiger partial charge in [-0.05, 0) is 43.7 Å². The Kier molecular flexibility index (Phi) is 7.37. The average Bonchev–Trinajstić information content (AvgIpc) is 2.54. The SMILES string of the molecule is CCOCCCN=C(Nc1ccccc1O)N1CC(C)CC(C)C1. The predicted molar refractivity (Wildman–Crippen MR) is 99.7 cm³/mol. The summed E-state index contributed by atoms with van der Waals surface area (Å²) in [4.78, 5) is 7.08. The molecule has 1 saturated heterocycles. The lowest BCUT2D eigenvalue weighted by atomic mass is 9.92. The minimum absolute atomic E-state index is 0.248. The number of ether oxygens (including phenoxy) is 1. The van der Waals surface area contributed by atoms with Crippen LogP contribution in [0.25, 0.3) is 0 Å². The maximum Gasteiger partial charge on any atom is 0.198 e. The Labute approximate surface area is 145 Å². The molecule has 0 bridgehead atoms. The zero-order valence-corrected chi connectivity index (χ0v) is 15.2. The fraction of sp³-hybridized carbons (Fsp3) is 0.632. The molecule has 0 amide bonds. The van der Waals surface area contributed by atoms with E-state index in [-0.39, 0.29) is 5.75 Å². The zero-order valence-electron chi connectivity index (χ0n) is 15.2. The number of piperidine rings is 1. The number of guanidine groups is 1. The van der Waals surface area contributed by atoms with E-state index in [0.29, 0.717) is 17.5 Å². The van der Waals surface area contributed by atoms with Gasteiger partial charge in [0.15, 0.2) is 5.96 Å². The summed E-state index contributed by atoms with van der Waals surface area (Å²) < 4.78 is 5.39. The number of phenolic OH excluding ortho intramolecular Hbond substituents is 1. The fourth-order valence-corrected chi connectivity index (χ4v) is 3.25. The molecule has 0 radical (unpaired) electrons. The first kappa shape index (κ1) is 18.6. The van der Waals surface area contributed by atoms with Crippen molar-refractivity contribution in [2.75, 3.05) is 38.2 Å². The summed E-state index contributed by atoms with van der Waals surface area (Å²) in [5, 5.41) is 13.4. The summed E-state index contributed by atoms with van der Waals surface area (Å²) >= 11 is 0.